The molecule has 3 rings (SSSR count). The molecule has 0 aliphatic carbocycles. The average molecular weight is 290 g/mol. The molecule has 1 aliphatic rings. The molecular weight excluding hydrogens is 276 g/mol. The van der Waals surface area contributed by atoms with Crippen molar-refractivity contribution >= 4 is 16.6 Å². The summed E-state index contributed by atoms with van der Waals surface area (Å²) in [6, 6.07) is 4.65. The van der Waals surface area contributed by atoms with E-state index < -0.39 is 11.7 Å². The number of fused-ring (bicyclic) bond motifs is 1. The minimum Gasteiger partial charge on any atom is -0.507 e. The summed E-state index contributed by atoms with van der Waals surface area (Å²) in [6.07, 6.45) is -0.319. The summed E-state index contributed by atoms with van der Waals surface area (Å²) in [4.78, 5) is 23.1. The summed E-state index contributed by atoms with van der Waals surface area (Å²) in [5, 5.41) is 10.5. The Morgan fingerprint density at radius 3 is 2.76 bits per heavy atom. The maximum absolute atomic E-state index is 12.0. The lowest BCUT2D eigenvalue weighted by atomic mass is 10.1. The lowest BCUT2D eigenvalue weighted by Gasteiger charge is -2.05. The number of hydrogen-bond donors (Lipinski definition) is 1. The number of epoxide rings is 1. The van der Waals surface area contributed by atoms with Crippen molar-refractivity contribution in [2.24, 2.45) is 0 Å². The van der Waals surface area contributed by atoms with Crippen LogP contribution in [0.5, 0.6) is 11.5 Å². The van der Waals surface area contributed by atoms with Crippen LogP contribution in [0.25, 0.3) is 10.8 Å². The van der Waals surface area contributed by atoms with Crippen molar-refractivity contribution in [2.75, 3.05) is 7.11 Å². The van der Waals surface area contributed by atoms with Gasteiger partial charge in [0.15, 0.2) is 5.78 Å². The first-order chi connectivity index (χ1) is 9.99. The lowest BCUT2D eigenvalue weighted by molar-refractivity contribution is -0.118. The number of aromatic hydroxyl groups is 1. The minimum absolute atomic E-state index is 0.0394. The fraction of sp³-hybridized carbons (Fsp3) is 0.333. The molecule has 2 atom stereocenters. The second-order valence-corrected chi connectivity index (χ2v) is 5.02. The van der Waals surface area contributed by atoms with Crippen LogP contribution in [-0.4, -0.2) is 30.2 Å². The molecule has 2 aromatic rings. The average Bonchev–Trinajstić information content (AvgIpc) is 3.17. The number of methoxy groups -OCH3 is 1. The van der Waals surface area contributed by atoms with Gasteiger partial charge in [-0.1, -0.05) is 0 Å². The number of carbonyl (C=O) groups excluding carboxylic acids is 1. The van der Waals surface area contributed by atoms with E-state index >= 15 is 0 Å². The van der Waals surface area contributed by atoms with E-state index in [-0.39, 0.29) is 23.0 Å². The van der Waals surface area contributed by atoms with Gasteiger partial charge >= 0.3 is 5.63 Å². The quantitative estimate of drug-likeness (QED) is 0.856. The predicted molar refractivity (Wildman–Crippen MR) is 73.7 cm³/mol. The Hall–Kier alpha value is -2.34. The van der Waals surface area contributed by atoms with E-state index in [1.807, 2.05) is 0 Å². The van der Waals surface area contributed by atoms with Gasteiger partial charge in [0, 0.05) is 12.5 Å². The molecule has 0 radical (unpaired) electrons. The van der Waals surface area contributed by atoms with E-state index in [1.54, 1.807) is 12.1 Å². The Bertz CT molecular complexity index is 776. The predicted octanol–water partition coefficient (Wildman–Crippen LogP) is 1.41. The third-order valence-electron chi connectivity index (χ3n) is 3.49. The van der Waals surface area contributed by atoms with Gasteiger partial charge in [0.25, 0.3) is 0 Å². The SMILES string of the molecule is COc1cc(O)c2c(=O)oc(CC3OC3C(C)=O)cc2c1. The van der Waals surface area contributed by atoms with E-state index in [0.717, 1.165) is 0 Å². The third kappa shape index (κ3) is 2.50. The first-order valence-electron chi connectivity index (χ1n) is 6.49. The summed E-state index contributed by atoms with van der Waals surface area (Å²) >= 11 is 0. The molecule has 0 saturated carbocycles. The van der Waals surface area contributed by atoms with E-state index in [9.17, 15) is 14.7 Å². The van der Waals surface area contributed by atoms with Crippen LogP contribution in [0.15, 0.2) is 27.4 Å². The lowest BCUT2D eigenvalue weighted by Crippen LogP contribution is -2.09. The van der Waals surface area contributed by atoms with E-state index in [1.165, 1.54) is 20.1 Å². The summed E-state index contributed by atoms with van der Waals surface area (Å²) in [5.74, 6) is 0.631. The number of Topliss-reactive ketones (excluding diaryl/α,β-unsaturated/α-hetero) is 1. The topological polar surface area (TPSA) is 89.3 Å². The highest BCUT2D eigenvalue weighted by molar-refractivity contribution is 5.88. The number of ketones is 1. The van der Waals surface area contributed by atoms with E-state index in [2.05, 4.69) is 0 Å². The minimum atomic E-state index is -0.623. The number of hydrogen-bond acceptors (Lipinski definition) is 6. The van der Waals surface area contributed by atoms with E-state index in [0.29, 0.717) is 23.3 Å². The van der Waals surface area contributed by atoms with Crippen LogP contribution in [0.3, 0.4) is 0 Å². The molecule has 2 heterocycles. The van der Waals surface area contributed by atoms with Crippen molar-refractivity contribution in [3.05, 3.63) is 34.4 Å². The van der Waals surface area contributed by atoms with E-state index in [4.69, 9.17) is 13.9 Å². The van der Waals surface area contributed by atoms with Gasteiger partial charge in [-0.3, -0.25) is 4.79 Å². The summed E-state index contributed by atoms with van der Waals surface area (Å²) in [7, 11) is 1.47. The van der Waals surface area contributed by atoms with Crippen molar-refractivity contribution in [2.45, 2.75) is 25.6 Å². The Balaban J connectivity index is 1.98. The fourth-order valence-electron chi connectivity index (χ4n) is 2.40. The second-order valence-electron chi connectivity index (χ2n) is 5.02. The maximum Gasteiger partial charge on any atom is 0.347 e. The van der Waals surface area contributed by atoms with Crippen LogP contribution in [0.1, 0.15) is 12.7 Å². The van der Waals surface area contributed by atoms with Gasteiger partial charge in [0.2, 0.25) is 0 Å². The molecule has 6 heteroatoms. The van der Waals surface area contributed by atoms with Crippen LogP contribution in [0, 0.1) is 0 Å². The Morgan fingerprint density at radius 2 is 2.14 bits per heavy atom. The fourth-order valence-corrected chi connectivity index (χ4v) is 2.40. The molecule has 110 valence electrons. The van der Waals surface area contributed by atoms with Crippen molar-refractivity contribution < 1.29 is 23.8 Å². The second kappa shape index (κ2) is 4.89. The van der Waals surface area contributed by atoms with Crippen LogP contribution in [0.2, 0.25) is 0 Å². The van der Waals surface area contributed by atoms with Crippen LogP contribution in [-0.2, 0) is 16.0 Å². The molecule has 1 saturated heterocycles. The molecule has 6 nitrogen and oxygen atoms in total. The zero-order valence-corrected chi connectivity index (χ0v) is 11.6. The summed E-state index contributed by atoms with van der Waals surface area (Å²) in [6.45, 7) is 1.46. The smallest absolute Gasteiger partial charge is 0.347 e. The number of carbonyl (C=O) groups is 1. The third-order valence-corrected chi connectivity index (χ3v) is 3.49. The molecule has 1 fully saturated rings. The number of benzene rings is 1. The van der Waals surface area contributed by atoms with Crippen molar-refractivity contribution in [1.29, 1.82) is 0 Å². The number of phenols is 1. The Labute approximate surface area is 119 Å². The standard InChI is InChI=1S/C15H14O6/c1-7(16)14-12(21-14)6-10-4-8-3-9(19-2)5-11(17)13(8)15(18)20-10/h3-5,12,14,17H,6H2,1-2H3. The normalized spacial score (nSPS) is 20.5. The monoisotopic (exact) mass is 290 g/mol. The first-order valence-corrected chi connectivity index (χ1v) is 6.49. The largest absolute Gasteiger partial charge is 0.507 e. The van der Waals surface area contributed by atoms with Crippen molar-refractivity contribution in [1.82, 2.24) is 0 Å². The first kappa shape index (κ1) is 13.6. The molecule has 0 bridgehead atoms. The molecule has 0 amide bonds. The molecule has 1 aliphatic heterocycles. The number of phenolic OH excluding ortho intramolecular Hbond substituents is 1. The van der Waals surface area contributed by atoms with Gasteiger partial charge in [-0.2, -0.15) is 0 Å². The van der Waals surface area contributed by atoms with Crippen molar-refractivity contribution in [3.8, 4) is 11.5 Å². The van der Waals surface area contributed by atoms with Crippen LogP contribution < -0.4 is 10.4 Å². The highest BCUT2D eigenvalue weighted by Gasteiger charge is 2.43. The Morgan fingerprint density at radius 1 is 1.38 bits per heavy atom. The summed E-state index contributed by atoms with van der Waals surface area (Å²) in [5.41, 5.74) is -0.623. The summed E-state index contributed by atoms with van der Waals surface area (Å²) < 4.78 is 15.5. The molecule has 1 aromatic carbocycles. The molecule has 2 unspecified atom stereocenters. The zero-order valence-electron chi connectivity index (χ0n) is 11.6. The van der Waals surface area contributed by atoms with Crippen LogP contribution in [0.4, 0.5) is 0 Å². The van der Waals surface area contributed by atoms with Gasteiger partial charge < -0.3 is 19.0 Å². The molecule has 0 spiro atoms. The molecule has 1 N–H and O–H groups in total. The molecular formula is C15H14O6. The van der Waals surface area contributed by atoms with Gasteiger partial charge in [-0.15, -0.1) is 0 Å². The molecule has 1 aromatic heterocycles. The highest BCUT2D eigenvalue weighted by atomic mass is 16.6. The Kier molecular flexibility index (Phi) is 3.17. The van der Waals surface area contributed by atoms with Gasteiger partial charge in [-0.25, -0.2) is 4.79 Å². The number of rotatable bonds is 4. The van der Waals surface area contributed by atoms with Gasteiger partial charge in [0.05, 0.1) is 13.2 Å². The molecule has 21 heavy (non-hydrogen) atoms. The highest BCUT2D eigenvalue weighted by Crippen LogP contribution is 2.31. The number of ether oxygens (including phenoxy) is 2. The van der Waals surface area contributed by atoms with Gasteiger partial charge in [0.1, 0.15) is 28.7 Å². The van der Waals surface area contributed by atoms with Crippen LogP contribution >= 0.6 is 0 Å². The maximum atomic E-state index is 12.0. The zero-order chi connectivity index (χ0) is 15.1. The van der Waals surface area contributed by atoms with Gasteiger partial charge in [-0.05, 0) is 24.4 Å². The van der Waals surface area contributed by atoms with Crippen molar-refractivity contribution in [3.63, 3.8) is 0 Å².